The number of fused-ring (bicyclic) bond motifs is 6. The average Bonchev–Trinajstić information content (AvgIpc) is 3.47. The Labute approximate surface area is 204 Å². The van der Waals surface area contributed by atoms with E-state index >= 15 is 0 Å². The standard InChI is InChI=1S/C28H19N2O2S2/c1-28(31-22-14-6-2-10-18(22)26-29-20-12-4-8-16-24(20)33-26)30-21-13-5-9-17-25(21)34-27(30)19-11-3-7-15-23(19)32-28/h2-17H,1H3/q+1/t28-/m0/s1. The molecule has 164 valence electrons. The Hall–Kier alpha value is -3.74. The van der Waals surface area contributed by atoms with Crippen LogP contribution in [0.15, 0.2) is 97.1 Å². The van der Waals surface area contributed by atoms with E-state index in [4.69, 9.17) is 14.5 Å². The number of nitrogens with zero attached hydrogens (tertiary/aromatic N) is 2. The molecule has 0 fully saturated rings. The number of thiazole rings is 2. The molecule has 4 nitrogen and oxygen atoms in total. The molecule has 1 atom stereocenters. The maximum atomic E-state index is 6.79. The van der Waals surface area contributed by atoms with Gasteiger partial charge >= 0.3 is 5.91 Å². The Morgan fingerprint density at radius 1 is 0.765 bits per heavy atom. The number of rotatable bonds is 3. The molecule has 0 aliphatic carbocycles. The van der Waals surface area contributed by atoms with E-state index in [1.54, 1.807) is 22.7 Å². The van der Waals surface area contributed by atoms with Gasteiger partial charge in [0, 0.05) is 6.07 Å². The van der Waals surface area contributed by atoms with Crippen molar-refractivity contribution < 1.29 is 14.0 Å². The Morgan fingerprint density at radius 2 is 1.47 bits per heavy atom. The first kappa shape index (κ1) is 19.7. The topological polar surface area (TPSA) is 35.2 Å². The van der Waals surface area contributed by atoms with Gasteiger partial charge in [-0.15, -0.1) is 15.9 Å². The maximum absolute atomic E-state index is 6.79. The summed E-state index contributed by atoms with van der Waals surface area (Å²) in [6.45, 7) is 1.99. The highest BCUT2D eigenvalue weighted by atomic mass is 32.1. The van der Waals surface area contributed by atoms with Gasteiger partial charge < -0.3 is 9.47 Å². The van der Waals surface area contributed by atoms with Crippen molar-refractivity contribution in [1.82, 2.24) is 4.98 Å². The van der Waals surface area contributed by atoms with Crippen LogP contribution >= 0.6 is 22.7 Å². The van der Waals surface area contributed by atoms with Crippen molar-refractivity contribution in [3.63, 3.8) is 0 Å². The lowest BCUT2D eigenvalue weighted by atomic mass is 10.1. The van der Waals surface area contributed by atoms with E-state index < -0.39 is 5.91 Å². The zero-order valence-corrected chi connectivity index (χ0v) is 19.9. The van der Waals surface area contributed by atoms with E-state index in [0.717, 1.165) is 48.4 Å². The summed E-state index contributed by atoms with van der Waals surface area (Å²) < 4.78 is 17.9. The zero-order chi connectivity index (χ0) is 22.7. The molecule has 0 saturated heterocycles. The summed E-state index contributed by atoms with van der Waals surface area (Å²) in [4.78, 5) is 4.87. The molecule has 1 aliphatic heterocycles. The number of ether oxygens (including phenoxy) is 2. The molecule has 0 N–H and O–H groups in total. The molecule has 3 heterocycles. The first-order valence-corrected chi connectivity index (χ1v) is 12.7. The van der Waals surface area contributed by atoms with Crippen molar-refractivity contribution >= 4 is 43.1 Å². The minimum atomic E-state index is -1.07. The molecule has 0 amide bonds. The van der Waals surface area contributed by atoms with Crippen LogP contribution in [0, 0.1) is 0 Å². The minimum absolute atomic E-state index is 0.733. The van der Waals surface area contributed by atoms with Gasteiger partial charge in [-0.05, 0) is 42.5 Å². The van der Waals surface area contributed by atoms with Crippen LogP contribution in [0.4, 0.5) is 0 Å². The minimum Gasteiger partial charge on any atom is -0.399 e. The monoisotopic (exact) mass is 479 g/mol. The number of benzene rings is 4. The third-order valence-corrected chi connectivity index (χ3v) is 8.28. The third kappa shape index (κ3) is 2.96. The van der Waals surface area contributed by atoms with Crippen molar-refractivity contribution in [2.24, 2.45) is 0 Å². The van der Waals surface area contributed by atoms with E-state index in [1.165, 1.54) is 4.70 Å². The Kier molecular flexibility index (Phi) is 4.28. The predicted octanol–water partition coefficient (Wildman–Crippen LogP) is 7.23. The van der Waals surface area contributed by atoms with Crippen LogP contribution in [-0.4, -0.2) is 4.98 Å². The van der Waals surface area contributed by atoms with Gasteiger partial charge in [-0.1, -0.05) is 59.9 Å². The van der Waals surface area contributed by atoms with Gasteiger partial charge in [0.2, 0.25) is 5.52 Å². The lowest BCUT2D eigenvalue weighted by Crippen LogP contribution is -2.63. The molecule has 0 saturated carbocycles. The fraction of sp³-hybridized carbons (Fsp3) is 0.0714. The molecule has 0 bridgehead atoms. The Morgan fingerprint density at radius 3 is 2.35 bits per heavy atom. The largest absolute Gasteiger partial charge is 0.475 e. The van der Waals surface area contributed by atoms with Crippen molar-refractivity contribution in [1.29, 1.82) is 0 Å². The number of aromatic nitrogens is 2. The summed E-state index contributed by atoms with van der Waals surface area (Å²) in [5, 5.41) is 2.04. The second-order valence-corrected chi connectivity index (χ2v) is 10.4. The maximum Gasteiger partial charge on any atom is 0.475 e. The highest BCUT2D eigenvalue weighted by Gasteiger charge is 2.50. The summed E-state index contributed by atoms with van der Waals surface area (Å²) in [5.74, 6) is 0.474. The van der Waals surface area contributed by atoms with Crippen LogP contribution in [0.3, 0.4) is 0 Å². The Balaban J connectivity index is 1.40. The smallest absolute Gasteiger partial charge is 0.399 e. The molecule has 1 aliphatic rings. The molecule has 2 aromatic heterocycles. The van der Waals surface area contributed by atoms with Crippen molar-refractivity contribution in [3.8, 4) is 32.6 Å². The molecular weight excluding hydrogens is 460 g/mol. The molecular formula is C28H19N2O2S2+. The second kappa shape index (κ2) is 7.38. The van der Waals surface area contributed by atoms with Crippen LogP contribution < -0.4 is 14.0 Å². The van der Waals surface area contributed by atoms with Crippen LogP contribution in [-0.2, 0) is 5.91 Å². The van der Waals surface area contributed by atoms with Crippen LogP contribution in [0.1, 0.15) is 6.92 Å². The van der Waals surface area contributed by atoms with Crippen LogP contribution in [0.2, 0.25) is 0 Å². The molecule has 34 heavy (non-hydrogen) atoms. The Bertz CT molecular complexity index is 1670. The lowest BCUT2D eigenvalue weighted by Gasteiger charge is -2.30. The second-order valence-electron chi connectivity index (χ2n) is 8.29. The predicted molar refractivity (Wildman–Crippen MR) is 137 cm³/mol. The number of para-hydroxylation sites is 4. The normalized spacial score (nSPS) is 16.7. The molecule has 0 radical (unpaired) electrons. The fourth-order valence-electron chi connectivity index (χ4n) is 4.54. The van der Waals surface area contributed by atoms with Crippen LogP contribution in [0.5, 0.6) is 11.5 Å². The lowest BCUT2D eigenvalue weighted by molar-refractivity contribution is -0.806. The van der Waals surface area contributed by atoms with Gasteiger partial charge in [-0.25, -0.2) is 4.98 Å². The molecule has 7 rings (SSSR count). The molecule has 4 aromatic carbocycles. The SMILES string of the molecule is C[C@]1(Oc2ccccc2-c2nc3ccccc3s2)Oc2ccccc2-c2sc3ccccc3[n+]21. The van der Waals surface area contributed by atoms with E-state index in [1.807, 2.05) is 61.5 Å². The van der Waals surface area contributed by atoms with Gasteiger partial charge in [0.1, 0.15) is 26.8 Å². The van der Waals surface area contributed by atoms with Crippen LogP contribution in [0.25, 0.3) is 41.6 Å². The molecule has 0 spiro atoms. The first-order chi connectivity index (χ1) is 16.7. The summed E-state index contributed by atoms with van der Waals surface area (Å²) in [5.41, 5.74) is 4.10. The number of hydrogen-bond donors (Lipinski definition) is 0. The van der Waals surface area contributed by atoms with Gasteiger partial charge in [0.25, 0.3) is 5.01 Å². The molecule has 6 aromatic rings. The zero-order valence-electron chi connectivity index (χ0n) is 18.3. The van der Waals surface area contributed by atoms with Crippen molar-refractivity contribution in [3.05, 3.63) is 97.1 Å². The third-order valence-electron chi connectivity index (χ3n) is 6.05. The summed E-state index contributed by atoms with van der Waals surface area (Å²) in [6.07, 6.45) is 0. The highest BCUT2D eigenvalue weighted by molar-refractivity contribution is 7.21. The number of hydrogen-bond acceptors (Lipinski definition) is 5. The van der Waals surface area contributed by atoms with Gasteiger partial charge in [-0.3, -0.25) is 0 Å². The van der Waals surface area contributed by atoms with E-state index in [-0.39, 0.29) is 0 Å². The first-order valence-electron chi connectivity index (χ1n) is 11.1. The quantitative estimate of drug-likeness (QED) is 0.251. The van der Waals surface area contributed by atoms with Crippen molar-refractivity contribution in [2.75, 3.05) is 0 Å². The van der Waals surface area contributed by atoms with Gasteiger partial charge in [-0.2, -0.15) is 0 Å². The average molecular weight is 480 g/mol. The summed E-state index contributed by atoms with van der Waals surface area (Å²) >= 11 is 3.42. The highest BCUT2D eigenvalue weighted by Crippen LogP contribution is 2.43. The van der Waals surface area contributed by atoms with Crippen molar-refractivity contribution in [2.45, 2.75) is 12.8 Å². The molecule has 0 unspecified atom stereocenters. The molecule has 6 heteroatoms. The fourth-order valence-corrected chi connectivity index (χ4v) is 6.79. The van der Waals surface area contributed by atoms with E-state index in [9.17, 15) is 0 Å². The van der Waals surface area contributed by atoms with Gasteiger partial charge in [0.05, 0.1) is 22.7 Å². The van der Waals surface area contributed by atoms with E-state index in [0.29, 0.717) is 0 Å². The summed E-state index contributed by atoms with van der Waals surface area (Å²) in [6, 6.07) is 32.8. The van der Waals surface area contributed by atoms with E-state index in [2.05, 4.69) is 47.0 Å². The van der Waals surface area contributed by atoms with Gasteiger partial charge in [0.15, 0.2) is 0 Å². The summed E-state index contributed by atoms with van der Waals surface area (Å²) in [7, 11) is 0.